The van der Waals surface area contributed by atoms with E-state index in [0.29, 0.717) is 0 Å². The Morgan fingerprint density at radius 2 is 2.15 bits per heavy atom. The minimum atomic E-state index is -3.55. The van der Waals surface area contributed by atoms with Gasteiger partial charge in [-0.3, -0.25) is 0 Å². The maximum absolute atomic E-state index is 11.5. The van der Waals surface area contributed by atoms with Crippen molar-refractivity contribution in [3.8, 4) is 6.07 Å². The van der Waals surface area contributed by atoms with Crippen LogP contribution < -0.4 is 0 Å². The molecular formula is C7H14N2O3S. The first-order chi connectivity index (χ1) is 6.00. The molecule has 5 nitrogen and oxygen atoms in total. The van der Waals surface area contributed by atoms with Crippen molar-refractivity contribution in [3.05, 3.63) is 0 Å². The quantitative estimate of drug-likeness (QED) is 0.660. The van der Waals surface area contributed by atoms with Gasteiger partial charge < -0.3 is 5.11 Å². The van der Waals surface area contributed by atoms with Crippen LogP contribution in [0.2, 0.25) is 0 Å². The second-order valence-electron chi connectivity index (χ2n) is 2.62. The van der Waals surface area contributed by atoms with E-state index in [0.717, 1.165) is 4.31 Å². The lowest BCUT2D eigenvalue weighted by molar-refractivity contribution is 0.266. The van der Waals surface area contributed by atoms with Gasteiger partial charge in [0.25, 0.3) is 0 Å². The van der Waals surface area contributed by atoms with Crippen LogP contribution in [0.5, 0.6) is 0 Å². The van der Waals surface area contributed by atoms with Gasteiger partial charge in [0.15, 0.2) is 5.25 Å². The van der Waals surface area contributed by atoms with Crippen molar-refractivity contribution in [2.24, 2.45) is 0 Å². The predicted octanol–water partition coefficient (Wildman–Crippen LogP) is -0.458. The van der Waals surface area contributed by atoms with Gasteiger partial charge in [0.05, 0.1) is 12.7 Å². The number of aliphatic hydroxyl groups excluding tert-OH is 1. The summed E-state index contributed by atoms with van der Waals surface area (Å²) in [5, 5.41) is 16.1. The number of hydrogen-bond donors (Lipinski definition) is 1. The summed E-state index contributed by atoms with van der Waals surface area (Å²) < 4.78 is 24.0. The number of nitriles is 1. The highest BCUT2D eigenvalue weighted by molar-refractivity contribution is 7.89. The van der Waals surface area contributed by atoms with Crippen molar-refractivity contribution in [2.45, 2.75) is 18.6 Å². The van der Waals surface area contributed by atoms with Crippen LogP contribution in [0.25, 0.3) is 0 Å². The van der Waals surface area contributed by atoms with E-state index in [1.807, 2.05) is 0 Å². The molecule has 0 amide bonds. The Kier molecular flexibility index (Phi) is 4.91. The summed E-state index contributed by atoms with van der Waals surface area (Å²) >= 11 is 0. The summed E-state index contributed by atoms with van der Waals surface area (Å²) in [6, 6.07) is 1.72. The van der Waals surface area contributed by atoms with Crippen LogP contribution in [0.4, 0.5) is 0 Å². The zero-order chi connectivity index (χ0) is 10.5. The first-order valence-electron chi connectivity index (χ1n) is 3.96. The molecular weight excluding hydrogens is 192 g/mol. The van der Waals surface area contributed by atoms with Gasteiger partial charge in [-0.15, -0.1) is 0 Å². The summed E-state index contributed by atoms with van der Waals surface area (Å²) in [5.41, 5.74) is 0. The van der Waals surface area contributed by atoms with Crippen LogP contribution in [0.1, 0.15) is 13.3 Å². The van der Waals surface area contributed by atoms with Gasteiger partial charge in [-0.1, -0.05) is 6.92 Å². The first-order valence-corrected chi connectivity index (χ1v) is 5.46. The Balaban J connectivity index is 4.66. The lowest BCUT2D eigenvalue weighted by atomic mass is 10.4. The van der Waals surface area contributed by atoms with Gasteiger partial charge in [-0.25, -0.2) is 12.7 Å². The van der Waals surface area contributed by atoms with Crippen molar-refractivity contribution in [3.63, 3.8) is 0 Å². The van der Waals surface area contributed by atoms with Crippen LogP contribution >= 0.6 is 0 Å². The normalized spacial score (nSPS) is 14.1. The molecule has 0 bridgehead atoms. The van der Waals surface area contributed by atoms with E-state index in [1.54, 1.807) is 13.0 Å². The van der Waals surface area contributed by atoms with Crippen molar-refractivity contribution in [1.82, 2.24) is 4.31 Å². The van der Waals surface area contributed by atoms with Crippen LogP contribution in [0.3, 0.4) is 0 Å². The minimum absolute atomic E-state index is 0.0283. The van der Waals surface area contributed by atoms with Crippen LogP contribution in [-0.2, 0) is 10.0 Å². The van der Waals surface area contributed by atoms with E-state index >= 15 is 0 Å². The molecule has 0 aromatic heterocycles. The predicted molar refractivity (Wildman–Crippen MR) is 48.3 cm³/mol. The molecule has 1 atom stereocenters. The first kappa shape index (κ1) is 12.4. The molecule has 0 spiro atoms. The summed E-state index contributed by atoms with van der Waals surface area (Å²) in [6.45, 7) is 1.43. The fourth-order valence-corrected chi connectivity index (χ4v) is 2.18. The third kappa shape index (κ3) is 2.95. The van der Waals surface area contributed by atoms with E-state index in [4.69, 9.17) is 10.4 Å². The largest absolute Gasteiger partial charge is 0.395 e. The average Bonchev–Trinajstić information content (AvgIpc) is 2.06. The molecule has 1 unspecified atom stereocenters. The molecule has 13 heavy (non-hydrogen) atoms. The SMILES string of the molecule is CCC(C#N)S(=O)(=O)N(C)CCO. The molecule has 0 saturated carbocycles. The fourth-order valence-electron chi connectivity index (χ4n) is 0.854. The highest BCUT2D eigenvalue weighted by Crippen LogP contribution is 2.09. The molecule has 0 aliphatic carbocycles. The van der Waals surface area contributed by atoms with Crippen molar-refractivity contribution in [2.75, 3.05) is 20.2 Å². The lowest BCUT2D eigenvalue weighted by Crippen LogP contribution is -2.36. The van der Waals surface area contributed by atoms with E-state index in [-0.39, 0.29) is 19.6 Å². The maximum atomic E-state index is 11.5. The maximum Gasteiger partial charge on any atom is 0.230 e. The Labute approximate surface area is 78.6 Å². The molecule has 76 valence electrons. The summed E-state index contributed by atoms with van der Waals surface area (Å²) in [4.78, 5) is 0. The Bertz CT molecular complexity index is 281. The summed E-state index contributed by atoms with van der Waals surface area (Å²) in [5.74, 6) is 0. The smallest absolute Gasteiger partial charge is 0.230 e. The molecule has 6 heteroatoms. The lowest BCUT2D eigenvalue weighted by Gasteiger charge is -2.18. The fraction of sp³-hybridized carbons (Fsp3) is 0.857. The second-order valence-corrected chi connectivity index (χ2v) is 4.84. The zero-order valence-corrected chi connectivity index (χ0v) is 8.58. The van der Waals surface area contributed by atoms with Gasteiger partial charge in [-0.2, -0.15) is 5.26 Å². The minimum Gasteiger partial charge on any atom is -0.395 e. The van der Waals surface area contributed by atoms with Gasteiger partial charge in [0.1, 0.15) is 0 Å². The molecule has 0 radical (unpaired) electrons. The highest BCUT2D eigenvalue weighted by Gasteiger charge is 2.27. The standard InChI is InChI=1S/C7H14N2O3S/c1-3-7(6-8)13(11,12)9(2)4-5-10/h7,10H,3-5H2,1-2H3. The number of rotatable bonds is 5. The number of likely N-dealkylation sites (N-methyl/N-ethyl adjacent to an activating group) is 1. The summed E-state index contributed by atoms with van der Waals surface area (Å²) in [6.07, 6.45) is 0.259. The summed E-state index contributed by atoms with van der Waals surface area (Å²) in [7, 11) is -2.20. The number of sulfonamides is 1. The molecule has 1 N–H and O–H groups in total. The molecule has 0 aliphatic rings. The Hall–Kier alpha value is -0.640. The molecule has 0 rings (SSSR count). The van der Waals surface area contributed by atoms with E-state index in [2.05, 4.69) is 0 Å². The zero-order valence-electron chi connectivity index (χ0n) is 7.77. The van der Waals surface area contributed by atoms with Crippen molar-refractivity contribution < 1.29 is 13.5 Å². The van der Waals surface area contributed by atoms with Crippen LogP contribution in [0.15, 0.2) is 0 Å². The van der Waals surface area contributed by atoms with Crippen LogP contribution in [0, 0.1) is 11.3 Å². The van der Waals surface area contributed by atoms with Gasteiger partial charge in [-0.05, 0) is 6.42 Å². The highest BCUT2D eigenvalue weighted by atomic mass is 32.2. The third-order valence-corrected chi connectivity index (χ3v) is 3.93. The Morgan fingerprint density at radius 1 is 1.62 bits per heavy atom. The van der Waals surface area contributed by atoms with Gasteiger partial charge in [0, 0.05) is 13.6 Å². The van der Waals surface area contributed by atoms with Crippen molar-refractivity contribution in [1.29, 1.82) is 5.26 Å². The van der Waals surface area contributed by atoms with E-state index < -0.39 is 15.3 Å². The molecule has 0 heterocycles. The monoisotopic (exact) mass is 206 g/mol. The number of nitrogens with zero attached hydrogens (tertiary/aromatic N) is 2. The molecule has 0 aromatic rings. The molecule has 0 saturated heterocycles. The average molecular weight is 206 g/mol. The topological polar surface area (TPSA) is 81.4 Å². The van der Waals surface area contributed by atoms with Crippen LogP contribution in [-0.4, -0.2) is 43.3 Å². The second kappa shape index (κ2) is 5.17. The van der Waals surface area contributed by atoms with E-state index in [1.165, 1.54) is 7.05 Å². The van der Waals surface area contributed by atoms with E-state index in [9.17, 15) is 8.42 Å². The van der Waals surface area contributed by atoms with Gasteiger partial charge in [0.2, 0.25) is 10.0 Å². The van der Waals surface area contributed by atoms with Crippen molar-refractivity contribution >= 4 is 10.0 Å². The number of hydrogen-bond acceptors (Lipinski definition) is 4. The third-order valence-electron chi connectivity index (χ3n) is 1.72. The Morgan fingerprint density at radius 3 is 2.46 bits per heavy atom. The number of aliphatic hydroxyl groups is 1. The molecule has 0 fully saturated rings. The molecule has 0 aromatic carbocycles. The van der Waals surface area contributed by atoms with Gasteiger partial charge >= 0.3 is 0 Å². The molecule has 0 aliphatic heterocycles.